The van der Waals surface area contributed by atoms with Crippen LogP contribution in [0.15, 0.2) is 42.2 Å². The van der Waals surface area contributed by atoms with Gasteiger partial charge >= 0.3 is 6.09 Å². The molecule has 0 spiro atoms. The van der Waals surface area contributed by atoms with E-state index >= 15 is 0 Å². The van der Waals surface area contributed by atoms with Crippen LogP contribution in [0, 0.1) is 6.92 Å². The number of ether oxygens (including phenoxy) is 1. The van der Waals surface area contributed by atoms with Crippen LogP contribution >= 0.6 is 11.3 Å². The number of imidazole rings is 1. The first-order valence-electron chi connectivity index (χ1n) is 13.3. The number of thiazole rings is 1. The quantitative estimate of drug-likeness (QED) is 0.296. The Morgan fingerprint density at radius 2 is 1.89 bits per heavy atom. The van der Waals surface area contributed by atoms with Gasteiger partial charge in [0.1, 0.15) is 11.4 Å². The van der Waals surface area contributed by atoms with Crippen molar-refractivity contribution in [3.8, 4) is 10.4 Å². The summed E-state index contributed by atoms with van der Waals surface area (Å²) >= 11 is 1.66. The Balaban J connectivity index is 1.61. The van der Waals surface area contributed by atoms with Gasteiger partial charge < -0.3 is 13.7 Å². The van der Waals surface area contributed by atoms with Gasteiger partial charge in [0.25, 0.3) is 0 Å². The zero-order valence-corrected chi connectivity index (χ0v) is 26.1. The standard InChI is InChI=1S/C29H42N4O3SSi/c1-20-25(37-19-31-20)22-12-10-11-21(15-22)17-32-14-13-30-26(32)24-16-23(36-38(8,9)29(5,6)7)18-33(24)27(34)35-28(2,3)4/h10-15,19,23-24H,16-18H2,1-9H3/t23-,24+/m1/s1. The van der Waals surface area contributed by atoms with Crippen molar-refractivity contribution in [1.82, 2.24) is 19.4 Å². The number of likely N-dealkylation sites (tertiary alicyclic amines) is 1. The Bertz CT molecular complexity index is 1270. The van der Waals surface area contributed by atoms with Gasteiger partial charge in [-0.3, -0.25) is 4.90 Å². The number of carbonyl (C=O) groups excluding carboxylic acids is 1. The van der Waals surface area contributed by atoms with Crippen LogP contribution in [-0.2, 0) is 15.7 Å². The summed E-state index contributed by atoms with van der Waals surface area (Å²) in [6.07, 6.45) is 4.14. The molecule has 1 saturated heterocycles. The van der Waals surface area contributed by atoms with Crippen molar-refractivity contribution < 1.29 is 14.0 Å². The first-order chi connectivity index (χ1) is 17.6. The summed E-state index contributed by atoms with van der Waals surface area (Å²) in [4.78, 5) is 25.5. The molecule has 2 atom stereocenters. The molecular formula is C29H42N4O3SSi. The molecule has 206 valence electrons. The lowest BCUT2D eigenvalue weighted by atomic mass is 10.1. The van der Waals surface area contributed by atoms with E-state index in [4.69, 9.17) is 14.1 Å². The Morgan fingerprint density at radius 3 is 2.53 bits per heavy atom. The highest BCUT2D eigenvalue weighted by Gasteiger charge is 2.45. The number of hydrogen-bond donors (Lipinski definition) is 0. The Labute approximate surface area is 232 Å². The van der Waals surface area contributed by atoms with Crippen LogP contribution in [-0.4, -0.2) is 52.1 Å². The van der Waals surface area contributed by atoms with Crippen LogP contribution in [0.3, 0.4) is 0 Å². The highest BCUT2D eigenvalue weighted by molar-refractivity contribution is 7.13. The third-order valence-electron chi connectivity index (χ3n) is 7.49. The highest BCUT2D eigenvalue weighted by Crippen LogP contribution is 2.41. The van der Waals surface area contributed by atoms with E-state index in [0.29, 0.717) is 19.5 Å². The van der Waals surface area contributed by atoms with Crippen molar-refractivity contribution in [1.29, 1.82) is 0 Å². The lowest BCUT2D eigenvalue weighted by Crippen LogP contribution is -2.45. The van der Waals surface area contributed by atoms with Crippen LogP contribution in [0.2, 0.25) is 18.1 Å². The molecule has 1 aliphatic rings. The molecule has 0 saturated carbocycles. The number of nitrogens with zero attached hydrogens (tertiary/aromatic N) is 4. The number of aromatic nitrogens is 3. The first-order valence-corrected chi connectivity index (χ1v) is 17.1. The molecule has 0 aliphatic carbocycles. The zero-order valence-electron chi connectivity index (χ0n) is 24.2. The van der Waals surface area contributed by atoms with Crippen molar-refractivity contribution in [3.05, 3.63) is 59.3 Å². The van der Waals surface area contributed by atoms with Crippen LogP contribution in [0.4, 0.5) is 4.79 Å². The summed E-state index contributed by atoms with van der Waals surface area (Å²) < 4.78 is 14.7. The topological polar surface area (TPSA) is 69.5 Å². The number of aryl methyl sites for hydroxylation is 1. The first kappa shape index (κ1) is 28.5. The fourth-order valence-corrected chi connectivity index (χ4v) is 6.74. The van der Waals surface area contributed by atoms with Crippen molar-refractivity contribution in [2.75, 3.05) is 6.54 Å². The van der Waals surface area contributed by atoms with Crippen LogP contribution in [0.25, 0.3) is 10.4 Å². The number of rotatable bonds is 6. The number of amides is 1. The summed E-state index contributed by atoms with van der Waals surface area (Å²) in [7, 11) is -2.02. The number of carbonyl (C=O) groups is 1. The van der Waals surface area contributed by atoms with E-state index in [1.165, 1.54) is 16.0 Å². The minimum absolute atomic E-state index is 0.0591. The van der Waals surface area contributed by atoms with E-state index in [9.17, 15) is 4.79 Å². The van der Waals surface area contributed by atoms with Gasteiger partial charge in [0.05, 0.1) is 28.2 Å². The molecule has 1 aliphatic heterocycles. The van der Waals surface area contributed by atoms with Gasteiger partial charge in [0.2, 0.25) is 0 Å². The molecule has 38 heavy (non-hydrogen) atoms. The average molecular weight is 555 g/mol. The predicted molar refractivity (Wildman–Crippen MR) is 156 cm³/mol. The molecule has 3 aromatic rings. The third-order valence-corrected chi connectivity index (χ3v) is 13.0. The molecule has 3 heterocycles. The molecule has 0 radical (unpaired) electrons. The van der Waals surface area contributed by atoms with Gasteiger partial charge in [-0.2, -0.15) is 0 Å². The summed E-state index contributed by atoms with van der Waals surface area (Å²) in [5.74, 6) is 0.858. The minimum Gasteiger partial charge on any atom is -0.444 e. The second kappa shape index (κ2) is 10.6. The van der Waals surface area contributed by atoms with Gasteiger partial charge in [0, 0.05) is 31.9 Å². The maximum absolute atomic E-state index is 13.4. The molecule has 1 aromatic carbocycles. The third kappa shape index (κ3) is 6.38. The van der Waals surface area contributed by atoms with Crippen LogP contribution < -0.4 is 0 Å². The van der Waals surface area contributed by atoms with E-state index in [1.807, 2.05) is 50.5 Å². The molecular weight excluding hydrogens is 512 g/mol. The highest BCUT2D eigenvalue weighted by atomic mass is 32.1. The summed E-state index contributed by atoms with van der Waals surface area (Å²) in [6, 6.07) is 8.34. The fourth-order valence-electron chi connectivity index (χ4n) is 4.58. The van der Waals surface area contributed by atoms with E-state index < -0.39 is 13.9 Å². The second-order valence-electron chi connectivity index (χ2n) is 12.8. The lowest BCUT2D eigenvalue weighted by molar-refractivity contribution is 0.0201. The van der Waals surface area contributed by atoms with Crippen molar-refractivity contribution >= 4 is 25.7 Å². The minimum atomic E-state index is -2.02. The van der Waals surface area contributed by atoms with Crippen LogP contribution in [0.5, 0.6) is 0 Å². The molecule has 4 rings (SSSR count). The van der Waals surface area contributed by atoms with E-state index in [-0.39, 0.29) is 23.3 Å². The molecule has 1 amide bonds. The molecule has 0 unspecified atom stereocenters. The predicted octanol–water partition coefficient (Wildman–Crippen LogP) is 7.44. The maximum atomic E-state index is 13.4. The molecule has 2 aromatic heterocycles. The fraction of sp³-hybridized carbons (Fsp3) is 0.552. The van der Waals surface area contributed by atoms with E-state index in [0.717, 1.165) is 11.5 Å². The van der Waals surface area contributed by atoms with Crippen molar-refractivity contribution in [3.63, 3.8) is 0 Å². The molecule has 0 N–H and O–H groups in total. The molecule has 7 nitrogen and oxygen atoms in total. The van der Waals surface area contributed by atoms with Crippen LogP contribution in [0.1, 0.15) is 71.1 Å². The zero-order chi connectivity index (χ0) is 27.9. The number of hydrogen-bond acceptors (Lipinski definition) is 6. The monoisotopic (exact) mass is 554 g/mol. The van der Waals surface area contributed by atoms with Crippen molar-refractivity contribution in [2.24, 2.45) is 0 Å². The lowest BCUT2D eigenvalue weighted by Gasteiger charge is -2.38. The number of benzene rings is 1. The van der Waals surface area contributed by atoms with Crippen molar-refractivity contribution in [2.45, 2.75) is 97.3 Å². The van der Waals surface area contributed by atoms with Gasteiger partial charge in [-0.15, -0.1) is 11.3 Å². The Hall–Kier alpha value is -2.49. The second-order valence-corrected chi connectivity index (χ2v) is 18.4. The van der Waals surface area contributed by atoms with E-state index in [2.05, 4.69) is 67.7 Å². The summed E-state index contributed by atoms with van der Waals surface area (Å²) in [5, 5.41) is 0.0851. The smallest absolute Gasteiger partial charge is 0.411 e. The molecule has 1 fully saturated rings. The average Bonchev–Trinajstić information content (AvgIpc) is 3.51. The SMILES string of the molecule is Cc1ncsc1-c1cccc(Cn2ccnc2[C@@H]2C[C@@H](O[Si](C)(C)C(C)(C)C)CN2C(=O)OC(C)(C)C)c1. The van der Waals surface area contributed by atoms with Gasteiger partial charge in [-0.25, -0.2) is 14.8 Å². The molecule has 0 bridgehead atoms. The van der Waals surface area contributed by atoms with E-state index in [1.54, 1.807) is 11.3 Å². The molecule has 9 heteroatoms. The summed E-state index contributed by atoms with van der Waals surface area (Å²) in [6.45, 7) is 20.2. The normalized spacial score (nSPS) is 18.7. The van der Waals surface area contributed by atoms with Gasteiger partial charge in [-0.05, 0) is 63.0 Å². The van der Waals surface area contributed by atoms with Gasteiger partial charge in [-0.1, -0.05) is 39.0 Å². The maximum Gasteiger partial charge on any atom is 0.411 e. The van der Waals surface area contributed by atoms with Gasteiger partial charge in [0.15, 0.2) is 8.32 Å². The Morgan fingerprint density at radius 1 is 1.16 bits per heavy atom. The largest absolute Gasteiger partial charge is 0.444 e. The Kier molecular flexibility index (Phi) is 7.94. The summed E-state index contributed by atoms with van der Waals surface area (Å²) in [5.41, 5.74) is 4.69.